The summed E-state index contributed by atoms with van der Waals surface area (Å²) in [5.74, 6) is -0.389. The van der Waals surface area contributed by atoms with E-state index in [4.69, 9.17) is 5.11 Å². The fourth-order valence-electron chi connectivity index (χ4n) is 1.79. The fourth-order valence-corrected chi connectivity index (χ4v) is 1.79. The van der Waals surface area contributed by atoms with Gasteiger partial charge < -0.3 is 15.7 Å². The number of urea groups is 1. The van der Waals surface area contributed by atoms with Crippen LogP contribution in [0.2, 0.25) is 0 Å². The second-order valence-electron chi connectivity index (χ2n) is 5.08. The zero-order valence-electron chi connectivity index (χ0n) is 12.0. The Bertz CT molecular complexity index is 458. The molecule has 0 aliphatic rings. The van der Waals surface area contributed by atoms with Crippen molar-refractivity contribution in [2.45, 2.75) is 26.7 Å². The van der Waals surface area contributed by atoms with Crippen molar-refractivity contribution >= 4 is 12.0 Å². The molecule has 0 unspecified atom stereocenters. The van der Waals surface area contributed by atoms with Crippen molar-refractivity contribution in [1.82, 2.24) is 10.6 Å². The van der Waals surface area contributed by atoms with Crippen LogP contribution in [-0.2, 0) is 6.42 Å². The fraction of sp³-hybridized carbons (Fsp3) is 0.467. The molecule has 1 aromatic carbocycles. The molecule has 0 heterocycles. The second-order valence-corrected chi connectivity index (χ2v) is 5.08. The van der Waals surface area contributed by atoms with Gasteiger partial charge in [0.15, 0.2) is 0 Å². The molecular formula is C15H22N2O3. The molecule has 5 heteroatoms. The lowest BCUT2D eigenvalue weighted by Crippen LogP contribution is -2.37. The molecular weight excluding hydrogens is 256 g/mol. The highest BCUT2D eigenvalue weighted by atomic mass is 16.4. The van der Waals surface area contributed by atoms with Crippen molar-refractivity contribution in [3.05, 3.63) is 35.4 Å². The molecule has 0 aliphatic heterocycles. The number of hydrogen-bond donors (Lipinski definition) is 3. The van der Waals surface area contributed by atoms with E-state index in [2.05, 4.69) is 24.5 Å². The van der Waals surface area contributed by atoms with Gasteiger partial charge >= 0.3 is 12.0 Å². The number of carboxylic acid groups (broad SMARTS) is 1. The van der Waals surface area contributed by atoms with Crippen LogP contribution in [-0.4, -0.2) is 30.2 Å². The molecule has 20 heavy (non-hydrogen) atoms. The first-order valence-electron chi connectivity index (χ1n) is 6.83. The van der Waals surface area contributed by atoms with E-state index in [1.807, 2.05) is 0 Å². The second kappa shape index (κ2) is 8.19. The van der Waals surface area contributed by atoms with Crippen LogP contribution < -0.4 is 10.6 Å². The highest BCUT2D eigenvalue weighted by molar-refractivity contribution is 5.89. The minimum absolute atomic E-state index is 0.210. The van der Waals surface area contributed by atoms with E-state index in [1.54, 1.807) is 24.3 Å². The summed E-state index contributed by atoms with van der Waals surface area (Å²) in [4.78, 5) is 22.5. The quantitative estimate of drug-likeness (QED) is 0.716. The zero-order valence-corrected chi connectivity index (χ0v) is 12.0. The molecule has 0 fully saturated rings. The maximum absolute atomic E-state index is 11.5. The van der Waals surface area contributed by atoms with Crippen LogP contribution >= 0.6 is 0 Å². The maximum Gasteiger partial charge on any atom is 0.335 e. The highest BCUT2D eigenvalue weighted by Crippen LogP contribution is 2.08. The summed E-state index contributed by atoms with van der Waals surface area (Å²) in [6.45, 7) is 5.26. The normalized spacial score (nSPS) is 10.3. The van der Waals surface area contributed by atoms with Crippen LogP contribution in [0.15, 0.2) is 24.3 Å². The van der Waals surface area contributed by atoms with Gasteiger partial charge in [0.1, 0.15) is 0 Å². The Morgan fingerprint density at radius 3 is 2.45 bits per heavy atom. The van der Waals surface area contributed by atoms with Crippen LogP contribution in [0.4, 0.5) is 4.79 Å². The van der Waals surface area contributed by atoms with Gasteiger partial charge in [-0.15, -0.1) is 0 Å². The van der Waals surface area contributed by atoms with Gasteiger partial charge in [0, 0.05) is 13.1 Å². The molecule has 5 nitrogen and oxygen atoms in total. The van der Waals surface area contributed by atoms with E-state index >= 15 is 0 Å². The van der Waals surface area contributed by atoms with Crippen molar-refractivity contribution in [3.63, 3.8) is 0 Å². The predicted molar refractivity (Wildman–Crippen MR) is 78.0 cm³/mol. The number of benzene rings is 1. The molecule has 0 spiro atoms. The lowest BCUT2D eigenvalue weighted by molar-refractivity contribution is 0.0695. The lowest BCUT2D eigenvalue weighted by atomic mass is 10.0. The van der Waals surface area contributed by atoms with Gasteiger partial charge in [-0.2, -0.15) is 0 Å². The van der Waals surface area contributed by atoms with E-state index < -0.39 is 5.97 Å². The molecule has 0 aromatic heterocycles. The smallest absolute Gasteiger partial charge is 0.335 e. The Hall–Kier alpha value is -2.04. The molecule has 1 rings (SSSR count). The van der Waals surface area contributed by atoms with Gasteiger partial charge in [-0.1, -0.05) is 32.0 Å². The van der Waals surface area contributed by atoms with Crippen LogP contribution in [0.1, 0.15) is 36.2 Å². The van der Waals surface area contributed by atoms with Gasteiger partial charge in [-0.05, 0) is 30.4 Å². The van der Waals surface area contributed by atoms with Crippen molar-refractivity contribution < 1.29 is 14.7 Å². The summed E-state index contributed by atoms with van der Waals surface area (Å²) in [5, 5.41) is 14.5. The topological polar surface area (TPSA) is 78.4 Å². The zero-order chi connectivity index (χ0) is 15.0. The van der Waals surface area contributed by atoms with Crippen LogP contribution in [0.5, 0.6) is 0 Å². The summed E-state index contributed by atoms with van der Waals surface area (Å²) in [5.41, 5.74) is 1.01. The predicted octanol–water partition coefficient (Wildman–Crippen LogP) is 2.27. The van der Waals surface area contributed by atoms with Crippen molar-refractivity contribution in [3.8, 4) is 0 Å². The summed E-state index contributed by atoms with van der Waals surface area (Å²) < 4.78 is 0. The van der Waals surface area contributed by atoms with Gasteiger partial charge in [-0.25, -0.2) is 9.59 Å². The summed E-state index contributed by atoms with van der Waals surface area (Å²) >= 11 is 0. The third-order valence-electron chi connectivity index (χ3n) is 2.93. The Morgan fingerprint density at radius 2 is 1.80 bits per heavy atom. The Labute approximate surface area is 119 Å². The summed E-state index contributed by atoms with van der Waals surface area (Å²) in [7, 11) is 0. The summed E-state index contributed by atoms with van der Waals surface area (Å²) in [6, 6.07) is 6.62. The molecule has 0 atom stereocenters. The van der Waals surface area contributed by atoms with Crippen LogP contribution in [0.3, 0.4) is 0 Å². The SMILES string of the molecule is CC(C)CCNC(=O)NCCc1ccccc1C(=O)O. The first kappa shape index (κ1) is 16.0. The average Bonchev–Trinajstić information content (AvgIpc) is 2.38. The average molecular weight is 278 g/mol. The lowest BCUT2D eigenvalue weighted by Gasteiger charge is -2.10. The number of rotatable bonds is 7. The molecule has 0 radical (unpaired) electrons. The number of carbonyl (C=O) groups is 2. The molecule has 2 amide bonds. The van der Waals surface area contributed by atoms with Crippen molar-refractivity contribution in [2.24, 2.45) is 5.92 Å². The van der Waals surface area contributed by atoms with E-state index in [-0.39, 0.29) is 11.6 Å². The largest absolute Gasteiger partial charge is 0.478 e. The molecule has 1 aromatic rings. The molecule has 0 bridgehead atoms. The molecule has 0 saturated carbocycles. The highest BCUT2D eigenvalue weighted by Gasteiger charge is 2.08. The minimum Gasteiger partial charge on any atom is -0.478 e. The molecule has 0 saturated heterocycles. The minimum atomic E-state index is -0.943. The van der Waals surface area contributed by atoms with E-state index in [1.165, 1.54) is 0 Å². The Kier molecular flexibility index (Phi) is 6.56. The number of amides is 2. The number of aromatic carboxylic acids is 1. The molecule has 0 aliphatic carbocycles. The van der Waals surface area contributed by atoms with Crippen molar-refractivity contribution in [2.75, 3.05) is 13.1 Å². The van der Waals surface area contributed by atoms with E-state index in [0.717, 1.165) is 12.0 Å². The number of nitrogens with one attached hydrogen (secondary N) is 2. The van der Waals surface area contributed by atoms with Crippen LogP contribution in [0.25, 0.3) is 0 Å². The van der Waals surface area contributed by atoms with Crippen LogP contribution in [0, 0.1) is 5.92 Å². The third-order valence-corrected chi connectivity index (χ3v) is 2.93. The maximum atomic E-state index is 11.5. The first-order valence-corrected chi connectivity index (χ1v) is 6.83. The van der Waals surface area contributed by atoms with Crippen molar-refractivity contribution in [1.29, 1.82) is 0 Å². The van der Waals surface area contributed by atoms with Gasteiger partial charge in [0.25, 0.3) is 0 Å². The van der Waals surface area contributed by atoms with Gasteiger partial charge in [0.2, 0.25) is 0 Å². The molecule has 3 N–H and O–H groups in total. The van der Waals surface area contributed by atoms with Gasteiger partial charge in [-0.3, -0.25) is 0 Å². The van der Waals surface area contributed by atoms with E-state index in [0.29, 0.717) is 25.4 Å². The number of hydrogen-bond acceptors (Lipinski definition) is 2. The number of carbonyl (C=O) groups excluding carboxylic acids is 1. The number of carboxylic acids is 1. The monoisotopic (exact) mass is 278 g/mol. The summed E-state index contributed by atoms with van der Waals surface area (Å²) in [6.07, 6.45) is 1.44. The van der Waals surface area contributed by atoms with E-state index in [9.17, 15) is 9.59 Å². The van der Waals surface area contributed by atoms with Gasteiger partial charge in [0.05, 0.1) is 5.56 Å². The molecule has 110 valence electrons. The first-order chi connectivity index (χ1) is 9.50. The Morgan fingerprint density at radius 1 is 1.15 bits per heavy atom. The standard InChI is InChI=1S/C15H22N2O3/c1-11(2)7-9-16-15(20)17-10-8-12-5-3-4-6-13(12)14(18)19/h3-6,11H,7-10H2,1-2H3,(H,18,19)(H2,16,17,20). The third kappa shape index (κ3) is 5.73. The Balaban J connectivity index is 2.34.